The number of hydrogen-bond acceptors (Lipinski definition) is 3. The van der Waals surface area contributed by atoms with Crippen LogP contribution in [0.2, 0.25) is 5.02 Å². The van der Waals surface area contributed by atoms with E-state index in [1.807, 2.05) is 43.0 Å². The standard InChI is InChI=1S/C16H20ClNO3/c1-16(2)20-10-14(21-16)15(19)18-8-4-7-13(18)11-5-3-6-12(17)9-11/h3,5-6,9,13-14H,4,7-8,10H2,1-2H3. The molecule has 114 valence electrons. The van der Waals surface area contributed by atoms with E-state index in [-0.39, 0.29) is 11.9 Å². The van der Waals surface area contributed by atoms with E-state index < -0.39 is 11.9 Å². The normalized spacial score (nSPS) is 28.0. The van der Waals surface area contributed by atoms with Crippen molar-refractivity contribution >= 4 is 17.5 Å². The highest BCUT2D eigenvalue weighted by Gasteiger charge is 2.41. The Morgan fingerprint density at radius 2 is 2.24 bits per heavy atom. The number of carbonyl (C=O) groups is 1. The van der Waals surface area contributed by atoms with Crippen molar-refractivity contribution in [3.63, 3.8) is 0 Å². The third-order valence-corrected chi connectivity index (χ3v) is 4.29. The van der Waals surface area contributed by atoms with Crippen LogP contribution in [0.15, 0.2) is 24.3 Å². The molecule has 0 bridgehead atoms. The van der Waals surface area contributed by atoms with E-state index in [1.54, 1.807) is 0 Å². The first-order chi connectivity index (χ1) is 9.96. The fourth-order valence-corrected chi connectivity index (χ4v) is 3.28. The zero-order chi connectivity index (χ0) is 15.0. The molecule has 2 aliphatic rings. The van der Waals surface area contributed by atoms with E-state index in [4.69, 9.17) is 21.1 Å². The topological polar surface area (TPSA) is 38.8 Å². The molecule has 0 spiro atoms. The quantitative estimate of drug-likeness (QED) is 0.842. The van der Waals surface area contributed by atoms with Crippen LogP contribution >= 0.6 is 11.6 Å². The summed E-state index contributed by atoms with van der Waals surface area (Å²) < 4.78 is 11.2. The minimum atomic E-state index is -0.675. The lowest BCUT2D eigenvalue weighted by molar-refractivity contribution is -0.160. The van der Waals surface area contributed by atoms with Crippen LogP contribution in [-0.4, -0.2) is 35.8 Å². The summed E-state index contributed by atoms with van der Waals surface area (Å²) in [4.78, 5) is 14.6. The van der Waals surface area contributed by atoms with Gasteiger partial charge in [-0.1, -0.05) is 23.7 Å². The summed E-state index contributed by atoms with van der Waals surface area (Å²) in [5, 5.41) is 0.702. The van der Waals surface area contributed by atoms with Gasteiger partial charge in [-0.15, -0.1) is 0 Å². The molecule has 2 fully saturated rings. The molecular weight excluding hydrogens is 290 g/mol. The molecule has 2 heterocycles. The summed E-state index contributed by atoms with van der Waals surface area (Å²) >= 11 is 6.07. The lowest BCUT2D eigenvalue weighted by Crippen LogP contribution is -2.40. The number of likely N-dealkylation sites (tertiary alicyclic amines) is 1. The van der Waals surface area contributed by atoms with E-state index in [0.717, 1.165) is 24.9 Å². The molecule has 0 radical (unpaired) electrons. The fourth-order valence-electron chi connectivity index (χ4n) is 3.08. The van der Waals surface area contributed by atoms with E-state index in [0.29, 0.717) is 11.6 Å². The molecule has 1 amide bonds. The highest BCUT2D eigenvalue weighted by atomic mass is 35.5. The lowest BCUT2D eigenvalue weighted by atomic mass is 10.0. The van der Waals surface area contributed by atoms with Gasteiger partial charge in [-0.05, 0) is 44.4 Å². The van der Waals surface area contributed by atoms with Gasteiger partial charge in [0.1, 0.15) is 0 Å². The maximum atomic E-state index is 12.7. The predicted molar refractivity (Wildman–Crippen MR) is 80.0 cm³/mol. The molecule has 2 unspecified atom stereocenters. The number of ether oxygens (including phenoxy) is 2. The summed E-state index contributed by atoms with van der Waals surface area (Å²) in [7, 11) is 0. The van der Waals surface area contributed by atoms with E-state index in [2.05, 4.69) is 0 Å². The highest BCUT2D eigenvalue weighted by molar-refractivity contribution is 6.30. The van der Waals surface area contributed by atoms with Crippen LogP contribution in [0.25, 0.3) is 0 Å². The van der Waals surface area contributed by atoms with Crippen LogP contribution in [0.1, 0.15) is 38.3 Å². The Labute approximate surface area is 130 Å². The number of halogens is 1. The van der Waals surface area contributed by atoms with Gasteiger partial charge in [0.25, 0.3) is 5.91 Å². The average molecular weight is 310 g/mol. The maximum absolute atomic E-state index is 12.7. The third-order valence-electron chi connectivity index (χ3n) is 4.05. The van der Waals surface area contributed by atoms with Crippen LogP contribution in [0, 0.1) is 0 Å². The van der Waals surface area contributed by atoms with Crippen LogP contribution in [0.4, 0.5) is 0 Å². The highest BCUT2D eigenvalue weighted by Crippen LogP contribution is 2.35. The molecule has 0 aromatic heterocycles. The zero-order valence-corrected chi connectivity index (χ0v) is 13.1. The van der Waals surface area contributed by atoms with Gasteiger partial charge >= 0.3 is 0 Å². The fraction of sp³-hybridized carbons (Fsp3) is 0.562. The van der Waals surface area contributed by atoms with Gasteiger partial charge in [0.15, 0.2) is 11.9 Å². The number of nitrogens with zero attached hydrogens (tertiary/aromatic N) is 1. The minimum absolute atomic E-state index is 0.0167. The Balaban J connectivity index is 1.77. The summed E-state index contributed by atoms with van der Waals surface area (Å²) in [6, 6.07) is 7.83. The van der Waals surface area contributed by atoms with Crippen molar-refractivity contribution < 1.29 is 14.3 Å². The molecule has 2 atom stereocenters. The van der Waals surface area contributed by atoms with Crippen LogP contribution in [0.5, 0.6) is 0 Å². The minimum Gasteiger partial charge on any atom is -0.347 e. The lowest BCUT2D eigenvalue weighted by Gasteiger charge is -2.27. The first-order valence-electron chi connectivity index (χ1n) is 7.34. The SMILES string of the molecule is CC1(C)OCC(C(=O)N2CCCC2c2cccc(Cl)c2)O1. The molecule has 2 aliphatic heterocycles. The Morgan fingerprint density at radius 3 is 2.90 bits per heavy atom. The molecule has 1 aromatic rings. The first kappa shape index (κ1) is 14.8. The Kier molecular flexibility index (Phi) is 3.95. The molecule has 21 heavy (non-hydrogen) atoms. The van der Waals surface area contributed by atoms with Crippen molar-refractivity contribution in [2.75, 3.05) is 13.2 Å². The van der Waals surface area contributed by atoms with Crippen LogP contribution in [-0.2, 0) is 14.3 Å². The van der Waals surface area contributed by atoms with Crippen molar-refractivity contribution in [3.05, 3.63) is 34.9 Å². The van der Waals surface area contributed by atoms with Gasteiger partial charge in [-0.2, -0.15) is 0 Å². The molecule has 5 heteroatoms. The molecule has 3 rings (SSSR count). The van der Waals surface area contributed by atoms with Gasteiger partial charge in [0.2, 0.25) is 0 Å². The molecule has 0 aliphatic carbocycles. The Hall–Kier alpha value is -1.10. The largest absolute Gasteiger partial charge is 0.347 e. The summed E-state index contributed by atoms with van der Waals surface area (Å²) in [6.45, 7) is 4.75. The second kappa shape index (κ2) is 5.59. The van der Waals surface area contributed by atoms with Gasteiger partial charge < -0.3 is 14.4 Å². The molecule has 0 N–H and O–H groups in total. The van der Waals surface area contributed by atoms with E-state index in [9.17, 15) is 4.79 Å². The van der Waals surface area contributed by atoms with E-state index in [1.165, 1.54) is 0 Å². The van der Waals surface area contributed by atoms with Gasteiger partial charge in [0, 0.05) is 11.6 Å². The summed E-state index contributed by atoms with van der Waals surface area (Å²) in [5.74, 6) is -0.658. The monoisotopic (exact) mass is 309 g/mol. The first-order valence-corrected chi connectivity index (χ1v) is 7.72. The maximum Gasteiger partial charge on any atom is 0.254 e. The van der Waals surface area contributed by atoms with Crippen molar-refractivity contribution in [3.8, 4) is 0 Å². The molecule has 1 aromatic carbocycles. The van der Waals surface area contributed by atoms with Crippen molar-refractivity contribution in [1.82, 2.24) is 4.90 Å². The number of hydrogen-bond donors (Lipinski definition) is 0. The second-order valence-corrected chi connectivity index (χ2v) is 6.50. The predicted octanol–water partition coefficient (Wildman–Crippen LogP) is 3.16. The summed E-state index contributed by atoms with van der Waals surface area (Å²) in [6.07, 6.45) is 1.46. The average Bonchev–Trinajstić information content (AvgIpc) is 3.04. The molecule has 0 saturated carbocycles. The number of benzene rings is 1. The van der Waals surface area contributed by atoms with E-state index >= 15 is 0 Å². The van der Waals surface area contributed by atoms with Crippen molar-refractivity contribution in [1.29, 1.82) is 0 Å². The second-order valence-electron chi connectivity index (χ2n) is 6.06. The third kappa shape index (κ3) is 3.07. The van der Waals surface area contributed by atoms with Crippen LogP contribution < -0.4 is 0 Å². The van der Waals surface area contributed by atoms with Crippen LogP contribution in [0.3, 0.4) is 0 Å². The molecular formula is C16H20ClNO3. The Morgan fingerprint density at radius 1 is 1.43 bits per heavy atom. The van der Waals surface area contributed by atoms with Crippen molar-refractivity contribution in [2.24, 2.45) is 0 Å². The number of rotatable bonds is 2. The van der Waals surface area contributed by atoms with Gasteiger partial charge in [0.05, 0.1) is 12.6 Å². The zero-order valence-electron chi connectivity index (χ0n) is 12.3. The smallest absolute Gasteiger partial charge is 0.254 e. The number of carbonyl (C=O) groups excluding carboxylic acids is 1. The van der Waals surface area contributed by atoms with Crippen molar-refractivity contribution in [2.45, 2.75) is 44.6 Å². The van der Waals surface area contributed by atoms with Gasteiger partial charge in [-0.25, -0.2) is 0 Å². The summed E-state index contributed by atoms with van der Waals surface area (Å²) in [5.41, 5.74) is 1.09. The Bertz CT molecular complexity index is 546. The molecule has 2 saturated heterocycles. The molecule has 4 nitrogen and oxygen atoms in total. The number of amides is 1. The van der Waals surface area contributed by atoms with Gasteiger partial charge in [-0.3, -0.25) is 4.79 Å².